The lowest BCUT2D eigenvalue weighted by molar-refractivity contribution is -0.113. The molecule has 1 N–H and O–H groups in total. The van der Waals surface area contributed by atoms with Crippen LogP contribution in [-0.2, 0) is 11.3 Å². The molecule has 1 aliphatic rings. The lowest BCUT2D eigenvalue weighted by atomic mass is 9.93. The van der Waals surface area contributed by atoms with E-state index in [2.05, 4.69) is 41.9 Å². The predicted octanol–water partition coefficient (Wildman–Crippen LogP) is 6.87. The third-order valence-corrected chi connectivity index (χ3v) is 9.78. The zero-order valence-corrected chi connectivity index (χ0v) is 27.7. The molecule has 1 amide bonds. The lowest BCUT2D eigenvalue weighted by Crippen LogP contribution is -2.40. The van der Waals surface area contributed by atoms with Crippen LogP contribution in [0.25, 0.3) is 17.0 Å². The van der Waals surface area contributed by atoms with Crippen molar-refractivity contribution < 1.29 is 4.79 Å². The number of carbonyl (C=O) groups is 1. The molecule has 2 aromatic heterocycles. The van der Waals surface area contributed by atoms with Crippen LogP contribution in [0.4, 0.5) is 5.69 Å². The van der Waals surface area contributed by atoms with Crippen molar-refractivity contribution in [1.29, 1.82) is 5.26 Å². The van der Waals surface area contributed by atoms with E-state index in [0.29, 0.717) is 44.3 Å². The molecule has 7 rings (SSSR count). The van der Waals surface area contributed by atoms with Crippen molar-refractivity contribution in [2.24, 2.45) is 4.99 Å². The number of rotatable bonds is 7. The molecule has 236 valence electrons. The van der Waals surface area contributed by atoms with E-state index in [4.69, 9.17) is 4.99 Å². The van der Waals surface area contributed by atoms with E-state index in [0.717, 1.165) is 27.6 Å². The number of para-hydroxylation sites is 2. The van der Waals surface area contributed by atoms with Crippen LogP contribution in [0.5, 0.6) is 0 Å². The molecule has 6 aromatic rings. The van der Waals surface area contributed by atoms with Gasteiger partial charge in [0.1, 0.15) is 0 Å². The summed E-state index contributed by atoms with van der Waals surface area (Å²) in [7, 11) is 0. The predicted molar refractivity (Wildman–Crippen MR) is 192 cm³/mol. The number of amides is 1. The highest BCUT2D eigenvalue weighted by molar-refractivity contribution is 7.07. The average molecular weight is 648 g/mol. The van der Waals surface area contributed by atoms with E-state index < -0.39 is 6.04 Å². The molecule has 3 heterocycles. The number of nitrogens with zero attached hydrogens (tertiary/aromatic N) is 4. The van der Waals surface area contributed by atoms with Crippen LogP contribution in [0, 0.1) is 11.3 Å². The molecule has 0 radical (unpaired) electrons. The summed E-state index contributed by atoms with van der Waals surface area (Å²) in [5, 5.41) is 13.7. The average Bonchev–Trinajstić information content (AvgIpc) is 3.60. The van der Waals surface area contributed by atoms with Crippen molar-refractivity contribution in [3.8, 4) is 6.07 Å². The molecule has 4 aromatic carbocycles. The Labute approximate surface area is 282 Å². The smallest absolute Gasteiger partial charge is 0.271 e. The van der Waals surface area contributed by atoms with Gasteiger partial charge in [-0.05, 0) is 59.9 Å². The molecule has 8 heteroatoms. The summed E-state index contributed by atoms with van der Waals surface area (Å²) in [6, 6.07) is 34.8. The van der Waals surface area contributed by atoms with Crippen LogP contribution < -0.4 is 20.2 Å². The van der Waals surface area contributed by atoms with Gasteiger partial charge >= 0.3 is 0 Å². The van der Waals surface area contributed by atoms with Crippen LogP contribution in [0.15, 0.2) is 130 Å². The highest BCUT2D eigenvalue weighted by Gasteiger charge is 2.32. The van der Waals surface area contributed by atoms with Crippen LogP contribution in [0.1, 0.15) is 60.5 Å². The molecule has 1 aliphatic heterocycles. The van der Waals surface area contributed by atoms with Gasteiger partial charge in [-0.3, -0.25) is 14.2 Å². The van der Waals surface area contributed by atoms with Crippen LogP contribution in [0.3, 0.4) is 0 Å². The second-order valence-electron chi connectivity index (χ2n) is 12.2. The van der Waals surface area contributed by atoms with E-state index >= 15 is 0 Å². The molecule has 0 bridgehead atoms. The summed E-state index contributed by atoms with van der Waals surface area (Å²) in [4.78, 5) is 33.7. The van der Waals surface area contributed by atoms with Gasteiger partial charge in [0.25, 0.3) is 11.5 Å². The van der Waals surface area contributed by atoms with Crippen LogP contribution in [-0.4, -0.2) is 15.0 Å². The minimum Gasteiger partial charge on any atom is -0.342 e. The first-order valence-electron chi connectivity index (χ1n) is 15.9. The maximum absolute atomic E-state index is 14.4. The van der Waals surface area contributed by atoms with Crippen molar-refractivity contribution in [2.45, 2.75) is 39.3 Å². The van der Waals surface area contributed by atoms with Gasteiger partial charge in [-0.2, -0.15) is 5.26 Å². The van der Waals surface area contributed by atoms with Crippen molar-refractivity contribution in [2.75, 3.05) is 5.32 Å². The Morgan fingerprint density at radius 3 is 2.44 bits per heavy atom. The van der Waals surface area contributed by atoms with E-state index in [1.54, 1.807) is 4.57 Å². The zero-order chi connectivity index (χ0) is 33.4. The number of thiazole rings is 1. The van der Waals surface area contributed by atoms with E-state index in [9.17, 15) is 14.9 Å². The molecule has 48 heavy (non-hydrogen) atoms. The van der Waals surface area contributed by atoms with Gasteiger partial charge in [0.2, 0.25) is 0 Å². The number of hydrogen-bond donors (Lipinski definition) is 1. The minimum atomic E-state index is -0.655. The zero-order valence-electron chi connectivity index (χ0n) is 26.8. The monoisotopic (exact) mass is 647 g/mol. The number of nitrogens with one attached hydrogen (secondary N) is 1. The Bertz CT molecular complexity index is 2440. The summed E-state index contributed by atoms with van der Waals surface area (Å²) in [6.07, 6.45) is 3.95. The first-order chi connectivity index (χ1) is 23.3. The molecular weight excluding hydrogens is 615 g/mol. The molecule has 0 aliphatic carbocycles. The summed E-state index contributed by atoms with van der Waals surface area (Å²) >= 11 is 1.32. The molecule has 0 spiro atoms. The van der Waals surface area contributed by atoms with Gasteiger partial charge < -0.3 is 9.88 Å². The normalized spacial score (nSPS) is 14.6. The molecule has 0 fully saturated rings. The van der Waals surface area contributed by atoms with E-state index in [1.165, 1.54) is 16.9 Å². The second kappa shape index (κ2) is 12.8. The summed E-state index contributed by atoms with van der Waals surface area (Å²) in [5.74, 6) is 0.0464. The molecule has 7 nitrogen and oxygen atoms in total. The number of hydrogen-bond acceptors (Lipinski definition) is 5. The van der Waals surface area contributed by atoms with Crippen LogP contribution in [0.2, 0.25) is 0 Å². The van der Waals surface area contributed by atoms with Gasteiger partial charge in [-0.15, -0.1) is 0 Å². The third-order valence-electron chi connectivity index (χ3n) is 8.80. The van der Waals surface area contributed by atoms with Gasteiger partial charge in [0.15, 0.2) is 4.80 Å². The molecule has 0 unspecified atom stereocenters. The largest absolute Gasteiger partial charge is 0.342 e. The maximum Gasteiger partial charge on any atom is 0.271 e. The summed E-state index contributed by atoms with van der Waals surface area (Å²) in [6.45, 7) is 6.63. The fourth-order valence-electron chi connectivity index (χ4n) is 6.32. The molecule has 0 saturated heterocycles. The number of aromatic nitrogens is 2. The Morgan fingerprint density at radius 1 is 0.979 bits per heavy atom. The van der Waals surface area contributed by atoms with Crippen molar-refractivity contribution in [3.05, 3.63) is 168 Å². The Morgan fingerprint density at radius 2 is 1.69 bits per heavy atom. The van der Waals surface area contributed by atoms with Gasteiger partial charge in [0.05, 0.1) is 33.5 Å². The van der Waals surface area contributed by atoms with Crippen LogP contribution >= 0.6 is 11.3 Å². The van der Waals surface area contributed by atoms with E-state index in [-0.39, 0.29) is 11.5 Å². The van der Waals surface area contributed by atoms with Crippen molar-refractivity contribution in [1.82, 2.24) is 9.13 Å². The first-order valence-corrected chi connectivity index (χ1v) is 16.7. The number of fused-ring (bicyclic) bond motifs is 2. The Kier molecular flexibility index (Phi) is 8.22. The summed E-state index contributed by atoms with van der Waals surface area (Å²) in [5.41, 5.74) is 6.93. The molecule has 1 atom stereocenters. The SMILES string of the molecule is CC1=C(C(=O)Nc2ccccc2)[C@@H](c2ccc(C(C)C)cc2)n2c(s/c(=C/c3cn(Cc4ccccc4C#N)c4ccccc34)c2=O)=N1. The fourth-order valence-corrected chi connectivity index (χ4v) is 7.36. The maximum atomic E-state index is 14.4. The van der Waals surface area contributed by atoms with Gasteiger partial charge in [-0.1, -0.05) is 104 Å². The number of allylic oxidation sites excluding steroid dienone is 1. The highest BCUT2D eigenvalue weighted by Crippen LogP contribution is 2.32. The van der Waals surface area contributed by atoms with Crippen molar-refractivity contribution >= 4 is 39.9 Å². The highest BCUT2D eigenvalue weighted by atomic mass is 32.1. The lowest BCUT2D eigenvalue weighted by Gasteiger charge is -2.25. The standard InChI is InChI=1S/C40H33N5O2S/c1-25(2)27-17-19-28(20-18-27)37-36(38(46)43-32-13-5-4-6-14-32)26(3)42-40-45(37)39(47)35(48-40)21-31-24-44(34-16-10-9-15-33(31)34)23-30-12-8-7-11-29(30)22-41/h4-21,24-25,37H,23H2,1-3H3,(H,43,46)/b35-21+/t37-/m1/s1. The topological polar surface area (TPSA) is 92.2 Å². The second-order valence-corrected chi connectivity index (χ2v) is 13.2. The third kappa shape index (κ3) is 5.70. The minimum absolute atomic E-state index is 0.208. The van der Waals surface area contributed by atoms with Crippen molar-refractivity contribution in [3.63, 3.8) is 0 Å². The number of benzene rings is 4. The molecule has 0 saturated carbocycles. The van der Waals surface area contributed by atoms with E-state index in [1.807, 2.05) is 110 Å². The first kappa shape index (κ1) is 30.9. The Balaban J connectivity index is 1.36. The van der Waals surface area contributed by atoms with Gasteiger partial charge in [0, 0.05) is 34.9 Å². The quantitative estimate of drug-likeness (QED) is 0.205. The fraction of sp³-hybridized carbons (Fsp3) is 0.150. The summed E-state index contributed by atoms with van der Waals surface area (Å²) < 4.78 is 4.30. The number of anilines is 1. The van der Waals surface area contributed by atoms with Gasteiger partial charge in [-0.25, -0.2) is 4.99 Å². The number of carbonyl (C=O) groups excluding carboxylic acids is 1. The Hall–Kier alpha value is -5.78. The molecular formula is C40H33N5O2S. The number of nitriles is 1.